The van der Waals surface area contributed by atoms with Crippen molar-refractivity contribution in [3.8, 4) is 22.9 Å². The van der Waals surface area contributed by atoms with Crippen LogP contribution >= 0.6 is 11.8 Å². The third kappa shape index (κ3) is 5.43. The van der Waals surface area contributed by atoms with Crippen molar-refractivity contribution in [2.75, 3.05) is 20.0 Å². The fraction of sp³-hybridized carbons (Fsp3) is 0.273. The molecule has 0 bridgehead atoms. The van der Waals surface area contributed by atoms with Gasteiger partial charge in [-0.3, -0.25) is 4.79 Å². The number of amides is 1. The molecule has 0 unspecified atom stereocenters. The van der Waals surface area contributed by atoms with Crippen LogP contribution < -0.4 is 14.9 Å². The fourth-order valence-electron chi connectivity index (χ4n) is 2.92. The molecule has 0 fully saturated rings. The SMILES string of the molecule is CCn1c(SCC(=O)NN=C(C)c2ccccc2)nnc1-c1ccc(OC)c(OC)c1. The lowest BCUT2D eigenvalue weighted by Gasteiger charge is -2.10. The van der Waals surface area contributed by atoms with Gasteiger partial charge in [0.1, 0.15) is 0 Å². The van der Waals surface area contributed by atoms with Gasteiger partial charge in [0.2, 0.25) is 0 Å². The number of rotatable bonds is 9. The molecule has 9 heteroatoms. The lowest BCUT2D eigenvalue weighted by Crippen LogP contribution is -2.21. The van der Waals surface area contributed by atoms with Gasteiger partial charge in [0, 0.05) is 12.1 Å². The molecule has 8 nitrogen and oxygen atoms in total. The number of thioether (sulfide) groups is 1. The zero-order valence-corrected chi connectivity index (χ0v) is 18.8. The number of benzene rings is 2. The highest BCUT2D eigenvalue weighted by molar-refractivity contribution is 7.99. The molecule has 0 saturated carbocycles. The summed E-state index contributed by atoms with van der Waals surface area (Å²) in [7, 11) is 3.19. The number of carbonyl (C=O) groups excluding carboxylic acids is 1. The van der Waals surface area contributed by atoms with E-state index in [1.807, 2.05) is 66.9 Å². The predicted molar refractivity (Wildman–Crippen MR) is 122 cm³/mol. The average Bonchev–Trinajstić information content (AvgIpc) is 3.24. The van der Waals surface area contributed by atoms with Gasteiger partial charge in [-0.1, -0.05) is 42.1 Å². The zero-order valence-electron chi connectivity index (χ0n) is 18.0. The first kappa shape index (κ1) is 22.4. The second-order valence-corrected chi connectivity index (χ2v) is 7.45. The molecule has 3 aromatic rings. The van der Waals surface area contributed by atoms with Crippen LogP contribution in [0.5, 0.6) is 11.5 Å². The van der Waals surface area contributed by atoms with Crippen LogP contribution in [0, 0.1) is 0 Å². The molecule has 31 heavy (non-hydrogen) atoms. The molecule has 1 aromatic heterocycles. The van der Waals surface area contributed by atoms with E-state index >= 15 is 0 Å². The van der Waals surface area contributed by atoms with E-state index in [4.69, 9.17) is 9.47 Å². The number of hydrogen-bond donors (Lipinski definition) is 1. The number of aromatic nitrogens is 3. The maximum atomic E-state index is 12.3. The van der Waals surface area contributed by atoms with Gasteiger partial charge in [-0.05, 0) is 37.6 Å². The Morgan fingerprint density at radius 1 is 1.10 bits per heavy atom. The second-order valence-electron chi connectivity index (χ2n) is 6.51. The molecule has 0 radical (unpaired) electrons. The summed E-state index contributed by atoms with van der Waals surface area (Å²) in [6.07, 6.45) is 0. The minimum atomic E-state index is -0.210. The third-order valence-corrected chi connectivity index (χ3v) is 5.51. The smallest absolute Gasteiger partial charge is 0.250 e. The summed E-state index contributed by atoms with van der Waals surface area (Å²) < 4.78 is 12.6. The molecule has 3 rings (SSSR count). The van der Waals surface area contributed by atoms with Crippen LogP contribution in [-0.4, -0.2) is 46.4 Å². The lowest BCUT2D eigenvalue weighted by molar-refractivity contribution is -0.118. The largest absolute Gasteiger partial charge is 0.493 e. The van der Waals surface area contributed by atoms with E-state index in [2.05, 4.69) is 20.7 Å². The van der Waals surface area contributed by atoms with E-state index in [1.165, 1.54) is 11.8 Å². The van der Waals surface area contributed by atoms with Crippen LogP contribution in [0.3, 0.4) is 0 Å². The number of hydrazone groups is 1. The third-order valence-electron chi connectivity index (χ3n) is 4.55. The number of nitrogens with one attached hydrogen (secondary N) is 1. The van der Waals surface area contributed by atoms with Gasteiger partial charge < -0.3 is 14.0 Å². The van der Waals surface area contributed by atoms with Crippen molar-refractivity contribution < 1.29 is 14.3 Å². The summed E-state index contributed by atoms with van der Waals surface area (Å²) in [5.74, 6) is 1.93. The molecule has 2 aromatic carbocycles. The number of methoxy groups -OCH3 is 2. The highest BCUT2D eigenvalue weighted by Gasteiger charge is 2.16. The van der Waals surface area contributed by atoms with E-state index in [1.54, 1.807) is 14.2 Å². The maximum Gasteiger partial charge on any atom is 0.250 e. The van der Waals surface area contributed by atoms with Gasteiger partial charge in [0.05, 0.1) is 25.7 Å². The molecule has 0 atom stereocenters. The van der Waals surface area contributed by atoms with Crippen LogP contribution in [0.15, 0.2) is 58.8 Å². The second kappa shape index (κ2) is 10.6. The molecule has 0 spiro atoms. The topological polar surface area (TPSA) is 90.6 Å². The number of hydrogen-bond acceptors (Lipinski definition) is 7. The first-order valence-electron chi connectivity index (χ1n) is 9.74. The quantitative estimate of drug-likeness (QED) is 0.311. The van der Waals surface area contributed by atoms with Gasteiger partial charge in [-0.15, -0.1) is 10.2 Å². The molecule has 1 N–H and O–H groups in total. The Morgan fingerprint density at radius 2 is 1.84 bits per heavy atom. The average molecular weight is 440 g/mol. The van der Waals surface area contributed by atoms with Crippen LogP contribution in [0.4, 0.5) is 0 Å². The molecule has 0 aliphatic carbocycles. The number of nitrogens with zero attached hydrogens (tertiary/aromatic N) is 4. The Hall–Kier alpha value is -3.33. The Morgan fingerprint density at radius 3 is 2.52 bits per heavy atom. The van der Waals surface area contributed by atoms with Gasteiger partial charge in [-0.25, -0.2) is 5.43 Å². The van der Waals surface area contributed by atoms with Crippen molar-refractivity contribution in [1.82, 2.24) is 20.2 Å². The van der Waals surface area contributed by atoms with Crippen molar-refractivity contribution >= 4 is 23.4 Å². The van der Waals surface area contributed by atoms with Crippen molar-refractivity contribution in [2.24, 2.45) is 5.10 Å². The minimum absolute atomic E-state index is 0.176. The Kier molecular flexibility index (Phi) is 7.66. The summed E-state index contributed by atoms with van der Waals surface area (Å²) in [6.45, 7) is 4.52. The maximum absolute atomic E-state index is 12.3. The molecule has 162 valence electrons. The lowest BCUT2D eigenvalue weighted by atomic mass is 10.1. The van der Waals surface area contributed by atoms with Gasteiger partial charge in [0.15, 0.2) is 22.5 Å². The standard InChI is InChI=1S/C22H25N5O3S/c1-5-27-21(17-11-12-18(29-3)19(13-17)30-4)25-26-22(27)31-14-20(28)24-23-15(2)16-9-7-6-8-10-16/h6-13H,5,14H2,1-4H3,(H,24,28). The molecule has 0 aliphatic heterocycles. The first-order chi connectivity index (χ1) is 15.1. The summed E-state index contributed by atoms with van der Waals surface area (Å²) in [5, 5.41) is 13.4. The number of ether oxygens (including phenoxy) is 2. The molecular weight excluding hydrogens is 414 g/mol. The summed E-state index contributed by atoms with van der Waals surface area (Å²) in [4.78, 5) is 12.3. The summed E-state index contributed by atoms with van der Waals surface area (Å²) in [5.41, 5.74) is 5.15. The van der Waals surface area contributed by atoms with Crippen LogP contribution in [0.2, 0.25) is 0 Å². The molecular formula is C22H25N5O3S. The van der Waals surface area contributed by atoms with E-state index in [-0.39, 0.29) is 11.7 Å². The van der Waals surface area contributed by atoms with Crippen LogP contribution in [-0.2, 0) is 11.3 Å². The van der Waals surface area contributed by atoms with Crippen LogP contribution in [0.25, 0.3) is 11.4 Å². The Labute approximate surface area is 185 Å². The Bertz CT molecular complexity index is 1070. The van der Waals surface area contributed by atoms with E-state index in [0.29, 0.717) is 29.0 Å². The fourth-order valence-corrected chi connectivity index (χ4v) is 3.72. The van der Waals surface area contributed by atoms with Crippen molar-refractivity contribution in [2.45, 2.75) is 25.5 Å². The highest BCUT2D eigenvalue weighted by Crippen LogP contribution is 2.32. The molecule has 1 amide bonds. The first-order valence-corrected chi connectivity index (χ1v) is 10.7. The van der Waals surface area contributed by atoms with E-state index in [9.17, 15) is 4.79 Å². The molecule has 0 saturated heterocycles. The van der Waals surface area contributed by atoms with E-state index in [0.717, 1.165) is 16.8 Å². The number of carbonyl (C=O) groups is 1. The van der Waals surface area contributed by atoms with Crippen molar-refractivity contribution in [1.29, 1.82) is 0 Å². The zero-order chi connectivity index (χ0) is 22.2. The molecule has 1 heterocycles. The van der Waals surface area contributed by atoms with Gasteiger partial charge in [0.25, 0.3) is 5.91 Å². The van der Waals surface area contributed by atoms with E-state index < -0.39 is 0 Å². The van der Waals surface area contributed by atoms with Crippen molar-refractivity contribution in [3.05, 3.63) is 54.1 Å². The van der Waals surface area contributed by atoms with Crippen LogP contribution in [0.1, 0.15) is 19.4 Å². The monoisotopic (exact) mass is 439 g/mol. The normalized spacial score (nSPS) is 11.3. The predicted octanol–water partition coefficient (Wildman–Crippen LogP) is 3.61. The summed E-state index contributed by atoms with van der Waals surface area (Å²) in [6, 6.07) is 15.3. The summed E-state index contributed by atoms with van der Waals surface area (Å²) >= 11 is 1.31. The van der Waals surface area contributed by atoms with Gasteiger partial charge in [-0.2, -0.15) is 5.10 Å². The minimum Gasteiger partial charge on any atom is -0.493 e. The van der Waals surface area contributed by atoms with Gasteiger partial charge >= 0.3 is 0 Å². The Balaban J connectivity index is 1.68. The molecule has 0 aliphatic rings. The van der Waals surface area contributed by atoms with Crippen molar-refractivity contribution in [3.63, 3.8) is 0 Å². The highest BCUT2D eigenvalue weighted by atomic mass is 32.2.